The van der Waals surface area contributed by atoms with Crippen molar-refractivity contribution in [1.82, 2.24) is 19.8 Å². The maximum atomic E-state index is 12.2. The van der Waals surface area contributed by atoms with Crippen molar-refractivity contribution in [3.05, 3.63) is 53.1 Å². The Morgan fingerprint density at radius 2 is 2.33 bits per heavy atom. The molecular weight excluding hydrogens is 288 g/mol. The summed E-state index contributed by atoms with van der Waals surface area (Å²) in [6.07, 6.45) is 5.28. The summed E-state index contributed by atoms with van der Waals surface area (Å²) in [5.41, 5.74) is 1.95. The van der Waals surface area contributed by atoms with Gasteiger partial charge in [-0.25, -0.2) is 4.79 Å². The first-order chi connectivity index (χ1) is 9.97. The molecule has 2 amide bonds. The van der Waals surface area contributed by atoms with Crippen LogP contribution in [0.25, 0.3) is 0 Å². The molecule has 0 spiro atoms. The Bertz CT molecular complexity index is 611. The molecule has 5 nitrogen and oxygen atoms in total. The van der Waals surface area contributed by atoms with Crippen LogP contribution in [-0.4, -0.2) is 27.5 Å². The number of nitrogens with zero attached hydrogens (tertiary/aromatic N) is 3. The number of rotatable bonds is 4. The average Bonchev–Trinajstić information content (AvgIpc) is 2.77. The van der Waals surface area contributed by atoms with Gasteiger partial charge in [-0.2, -0.15) is 0 Å². The van der Waals surface area contributed by atoms with Gasteiger partial charge >= 0.3 is 6.03 Å². The quantitative estimate of drug-likeness (QED) is 0.944. The van der Waals surface area contributed by atoms with Crippen molar-refractivity contribution in [3.63, 3.8) is 0 Å². The van der Waals surface area contributed by atoms with Gasteiger partial charge in [0.05, 0.1) is 17.6 Å². The molecule has 0 unspecified atom stereocenters. The Morgan fingerprint density at radius 1 is 1.57 bits per heavy atom. The third-order valence-electron chi connectivity index (χ3n) is 3.34. The van der Waals surface area contributed by atoms with Crippen molar-refractivity contribution in [1.29, 1.82) is 0 Å². The Balaban J connectivity index is 1.95. The zero-order chi connectivity index (χ0) is 15.4. The zero-order valence-electron chi connectivity index (χ0n) is 12.4. The third kappa shape index (κ3) is 3.98. The van der Waals surface area contributed by atoms with Gasteiger partial charge in [-0.3, -0.25) is 4.98 Å². The number of carbonyl (C=O) groups is 1. The first-order valence-electron chi connectivity index (χ1n) is 6.69. The Hall–Kier alpha value is -2.01. The molecule has 2 heterocycles. The van der Waals surface area contributed by atoms with Crippen LogP contribution in [-0.2, 0) is 13.6 Å². The molecule has 2 rings (SSSR count). The monoisotopic (exact) mass is 306 g/mol. The van der Waals surface area contributed by atoms with Gasteiger partial charge in [-0.15, -0.1) is 0 Å². The minimum atomic E-state index is -0.135. The highest BCUT2D eigenvalue weighted by atomic mass is 35.5. The minimum absolute atomic E-state index is 0.0920. The van der Waals surface area contributed by atoms with Gasteiger partial charge in [-0.05, 0) is 24.6 Å². The highest BCUT2D eigenvalue weighted by molar-refractivity contribution is 6.30. The number of amides is 2. The summed E-state index contributed by atoms with van der Waals surface area (Å²) in [6, 6.07) is 5.42. The van der Waals surface area contributed by atoms with Gasteiger partial charge in [-0.1, -0.05) is 17.7 Å². The van der Waals surface area contributed by atoms with E-state index in [4.69, 9.17) is 11.6 Å². The second-order valence-electron chi connectivity index (χ2n) is 5.07. The number of pyridine rings is 1. The maximum Gasteiger partial charge on any atom is 0.317 e. The van der Waals surface area contributed by atoms with Crippen LogP contribution >= 0.6 is 11.6 Å². The van der Waals surface area contributed by atoms with E-state index >= 15 is 0 Å². The first-order valence-corrected chi connectivity index (χ1v) is 7.07. The molecule has 0 bridgehead atoms. The smallest absolute Gasteiger partial charge is 0.317 e. The molecule has 0 aromatic carbocycles. The summed E-state index contributed by atoms with van der Waals surface area (Å²) >= 11 is 5.95. The topological polar surface area (TPSA) is 50.2 Å². The number of hydrogen-bond donors (Lipinski definition) is 1. The van der Waals surface area contributed by atoms with Crippen LogP contribution in [0.2, 0.25) is 5.02 Å². The first kappa shape index (κ1) is 15.4. The summed E-state index contributed by atoms with van der Waals surface area (Å²) < 4.78 is 1.91. The number of aromatic nitrogens is 2. The second-order valence-corrected chi connectivity index (χ2v) is 5.51. The molecule has 0 fully saturated rings. The van der Waals surface area contributed by atoms with E-state index in [0.717, 1.165) is 11.3 Å². The van der Waals surface area contributed by atoms with E-state index in [2.05, 4.69) is 10.3 Å². The van der Waals surface area contributed by atoms with Crippen LogP contribution in [0.4, 0.5) is 4.79 Å². The molecular formula is C15H19ClN4O. The lowest BCUT2D eigenvalue weighted by molar-refractivity contribution is 0.202. The predicted molar refractivity (Wildman–Crippen MR) is 83.1 cm³/mol. The number of urea groups is 1. The Morgan fingerprint density at radius 3 is 2.90 bits per heavy atom. The van der Waals surface area contributed by atoms with Crippen molar-refractivity contribution in [2.75, 3.05) is 7.05 Å². The van der Waals surface area contributed by atoms with E-state index in [1.807, 2.05) is 42.9 Å². The van der Waals surface area contributed by atoms with Crippen LogP contribution < -0.4 is 5.32 Å². The normalized spacial score (nSPS) is 12.0. The molecule has 0 aliphatic carbocycles. The predicted octanol–water partition coefficient (Wildman–Crippen LogP) is 2.98. The van der Waals surface area contributed by atoms with Crippen molar-refractivity contribution in [2.24, 2.45) is 7.05 Å². The minimum Gasteiger partial charge on any atom is -0.351 e. The fourth-order valence-electron chi connectivity index (χ4n) is 2.05. The second kappa shape index (κ2) is 6.63. The molecule has 1 N–H and O–H groups in total. The van der Waals surface area contributed by atoms with Gasteiger partial charge < -0.3 is 14.8 Å². The fraction of sp³-hybridized carbons (Fsp3) is 0.333. The lowest BCUT2D eigenvalue weighted by Crippen LogP contribution is -2.38. The van der Waals surface area contributed by atoms with Crippen molar-refractivity contribution in [3.8, 4) is 0 Å². The zero-order valence-corrected chi connectivity index (χ0v) is 13.1. The highest BCUT2D eigenvalue weighted by Crippen LogP contribution is 2.15. The molecule has 0 saturated carbocycles. The Kier molecular flexibility index (Phi) is 4.85. The van der Waals surface area contributed by atoms with Crippen LogP contribution in [0.1, 0.15) is 24.2 Å². The van der Waals surface area contributed by atoms with Crippen molar-refractivity contribution >= 4 is 17.6 Å². The number of carbonyl (C=O) groups excluding carboxylic acids is 1. The molecule has 21 heavy (non-hydrogen) atoms. The maximum absolute atomic E-state index is 12.2. The molecule has 0 aliphatic heterocycles. The van der Waals surface area contributed by atoms with Gasteiger partial charge in [0.2, 0.25) is 0 Å². The molecule has 0 aliphatic rings. The van der Waals surface area contributed by atoms with Crippen LogP contribution in [0.3, 0.4) is 0 Å². The van der Waals surface area contributed by atoms with Crippen LogP contribution in [0.5, 0.6) is 0 Å². The van der Waals surface area contributed by atoms with Gasteiger partial charge in [0.1, 0.15) is 0 Å². The molecule has 1 atom stereocenters. The number of aryl methyl sites for hydroxylation is 1. The van der Waals surface area contributed by atoms with Crippen LogP contribution in [0, 0.1) is 0 Å². The largest absolute Gasteiger partial charge is 0.351 e. The van der Waals surface area contributed by atoms with E-state index in [1.165, 1.54) is 0 Å². The van der Waals surface area contributed by atoms with E-state index in [9.17, 15) is 4.79 Å². The highest BCUT2D eigenvalue weighted by Gasteiger charge is 2.15. The van der Waals surface area contributed by atoms with Gasteiger partial charge in [0.15, 0.2) is 0 Å². The van der Waals surface area contributed by atoms with Crippen LogP contribution in [0.15, 0.2) is 36.8 Å². The van der Waals surface area contributed by atoms with E-state index in [0.29, 0.717) is 11.6 Å². The van der Waals surface area contributed by atoms with Crippen molar-refractivity contribution in [2.45, 2.75) is 19.5 Å². The molecule has 0 saturated heterocycles. The molecule has 6 heteroatoms. The van der Waals surface area contributed by atoms with Crippen molar-refractivity contribution < 1.29 is 4.79 Å². The standard InChI is InChI=1S/C15H19ClN4O/c1-11(12-5-4-6-17-8-12)18-15(21)20(3)10-14-7-13(16)9-19(14)2/h4-9,11H,10H2,1-3H3,(H,18,21)/t11-/m1/s1. The molecule has 0 radical (unpaired) electrons. The summed E-state index contributed by atoms with van der Waals surface area (Å²) in [4.78, 5) is 17.9. The number of hydrogen-bond acceptors (Lipinski definition) is 2. The lowest BCUT2D eigenvalue weighted by Gasteiger charge is -2.21. The van der Waals surface area contributed by atoms with Gasteiger partial charge in [0.25, 0.3) is 0 Å². The van der Waals surface area contributed by atoms with E-state index in [-0.39, 0.29) is 12.1 Å². The summed E-state index contributed by atoms with van der Waals surface area (Å²) in [7, 11) is 3.66. The summed E-state index contributed by atoms with van der Waals surface area (Å²) in [5.74, 6) is 0. The molecule has 2 aromatic heterocycles. The van der Waals surface area contributed by atoms with E-state index < -0.39 is 0 Å². The average molecular weight is 307 g/mol. The summed E-state index contributed by atoms with van der Waals surface area (Å²) in [5, 5.41) is 3.62. The number of nitrogens with one attached hydrogen (secondary N) is 1. The van der Waals surface area contributed by atoms with Gasteiger partial charge in [0, 0.05) is 38.4 Å². The molecule has 2 aromatic rings. The summed E-state index contributed by atoms with van der Waals surface area (Å²) in [6.45, 7) is 2.43. The fourth-order valence-corrected chi connectivity index (χ4v) is 2.32. The molecule has 112 valence electrons. The third-order valence-corrected chi connectivity index (χ3v) is 3.55. The lowest BCUT2D eigenvalue weighted by atomic mass is 10.1. The number of halogens is 1. The van der Waals surface area contributed by atoms with E-state index in [1.54, 1.807) is 24.3 Å². The SMILES string of the molecule is C[C@@H](NC(=O)N(C)Cc1cc(Cl)cn1C)c1cccnc1. The Labute approximate surface area is 129 Å².